The standard InChI is InChI=1S/C21H19FN2O3/c1-12-7-17(21(25)26)20(23-11-12)24-19-8-13(2)16(10-18(19)22)14-5-4-6-15(9-14)27-3/h4-11H,1-3H3,(H,23,24)(H,25,26). The molecule has 0 bridgehead atoms. The second-order valence-electron chi connectivity index (χ2n) is 6.22. The van der Waals surface area contributed by atoms with Gasteiger partial charge in [0.15, 0.2) is 0 Å². The summed E-state index contributed by atoms with van der Waals surface area (Å²) in [6.07, 6.45) is 1.53. The van der Waals surface area contributed by atoms with Crippen molar-refractivity contribution in [1.29, 1.82) is 0 Å². The third-order valence-electron chi connectivity index (χ3n) is 4.20. The second kappa shape index (κ2) is 7.45. The van der Waals surface area contributed by atoms with Gasteiger partial charge in [-0.05, 0) is 66.4 Å². The number of carbonyl (C=O) groups is 1. The number of anilines is 2. The fourth-order valence-electron chi connectivity index (χ4n) is 2.84. The topological polar surface area (TPSA) is 71.5 Å². The first-order chi connectivity index (χ1) is 12.9. The molecule has 0 amide bonds. The number of nitrogens with zero attached hydrogens (tertiary/aromatic N) is 1. The number of pyridine rings is 1. The number of carboxylic acid groups (broad SMARTS) is 1. The van der Waals surface area contributed by atoms with Gasteiger partial charge in [0, 0.05) is 6.20 Å². The average molecular weight is 366 g/mol. The van der Waals surface area contributed by atoms with Crippen molar-refractivity contribution in [3.63, 3.8) is 0 Å². The Balaban J connectivity index is 2.00. The smallest absolute Gasteiger partial charge is 0.339 e. The Kier molecular flexibility index (Phi) is 5.07. The fourth-order valence-corrected chi connectivity index (χ4v) is 2.84. The van der Waals surface area contributed by atoms with Gasteiger partial charge in [0.25, 0.3) is 0 Å². The van der Waals surface area contributed by atoms with Crippen molar-refractivity contribution in [2.24, 2.45) is 0 Å². The zero-order valence-electron chi connectivity index (χ0n) is 15.2. The van der Waals surface area contributed by atoms with E-state index in [1.807, 2.05) is 31.2 Å². The lowest BCUT2D eigenvalue weighted by atomic mass is 9.99. The molecular formula is C21H19FN2O3. The van der Waals surface area contributed by atoms with Crippen LogP contribution in [0, 0.1) is 19.7 Å². The van der Waals surface area contributed by atoms with Gasteiger partial charge in [-0.15, -0.1) is 0 Å². The molecule has 0 aliphatic rings. The largest absolute Gasteiger partial charge is 0.497 e. The molecule has 3 rings (SSSR count). The van der Waals surface area contributed by atoms with Crippen molar-refractivity contribution in [1.82, 2.24) is 4.98 Å². The number of carboxylic acids is 1. The first-order valence-corrected chi connectivity index (χ1v) is 8.30. The number of aromatic carboxylic acids is 1. The van der Waals surface area contributed by atoms with Crippen molar-refractivity contribution >= 4 is 17.5 Å². The van der Waals surface area contributed by atoms with Gasteiger partial charge < -0.3 is 15.2 Å². The molecule has 0 saturated carbocycles. The van der Waals surface area contributed by atoms with Crippen molar-refractivity contribution in [3.8, 4) is 16.9 Å². The van der Waals surface area contributed by atoms with E-state index in [0.717, 1.165) is 16.7 Å². The second-order valence-corrected chi connectivity index (χ2v) is 6.22. The molecule has 0 aliphatic carbocycles. The Hall–Kier alpha value is -3.41. The van der Waals surface area contributed by atoms with Crippen LogP contribution in [0.15, 0.2) is 48.7 Å². The summed E-state index contributed by atoms with van der Waals surface area (Å²) >= 11 is 0. The number of aryl methyl sites for hydroxylation is 2. The van der Waals surface area contributed by atoms with Crippen molar-refractivity contribution in [3.05, 3.63) is 71.2 Å². The van der Waals surface area contributed by atoms with Crippen LogP contribution in [0.5, 0.6) is 5.75 Å². The average Bonchev–Trinajstić information content (AvgIpc) is 2.65. The van der Waals surface area contributed by atoms with Gasteiger partial charge in [-0.2, -0.15) is 0 Å². The first-order valence-electron chi connectivity index (χ1n) is 8.30. The first kappa shape index (κ1) is 18.4. The number of nitrogens with one attached hydrogen (secondary N) is 1. The Labute approximate surface area is 156 Å². The summed E-state index contributed by atoms with van der Waals surface area (Å²) < 4.78 is 20.0. The lowest BCUT2D eigenvalue weighted by Crippen LogP contribution is -2.06. The van der Waals surface area contributed by atoms with Crippen LogP contribution in [0.3, 0.4) is 0 Å². The van der Waals surface area contributed by atoms with E-state index in [2.05, 4.69) is 10.3 Å². The minimum absolute atomic E-state index is 0.0103. The van der Waals surface area contributed by atoms with Crippen LogP contribution in [0.1, 0.15) is 21.5 Å². The minimum atomic E-state index is -1.13. The van der Waals surface area contributed by atoms with Gasteiger partial charge in [-0.25, -0.2) is 14.2 Å². The van der Waals surface area contributed by atoms with E-state index in [1.54, 1.807) is 20.1 Å². The Bertz CT molecular complexity index is 1020. The minimum Gasteiger partial charge on any atom is -0.497 e. The molecule has 0 unspecified atom stereocenters. The molecule has 0 spiro atoms. The number of aromatic nitrogens is 1. The molecule has 2 aromatic carbocycles. The van der Waals surface area contributed by atoms with Crippen LogP contribution in [0.2, 0.25) is 0 Å². The van der Waals surface area contributed by atoms with Gasteiger partial charge in [-0.3, -0.25) is 0 Å². The van der Waals surface area contributed by atoms with Gasteiger partial charge >= 0.3 is 5.97 Å². The molecule has 5 nitrogen and oxygen atoms in total. The fraction of sp³-hybridized carbons (Fsp3) is 0.143. The molecule has 27 heavy (non-hydrogen) atoms. The number of hydrogen-bond donors (Lipinski definition) is 2. The van der Waals surface area contributed by atoms with Crippen molar-refractivity contribution in [2.45, 2.75) is 13.8 Å². The van der Waals surface area contributed by atoms with Crippen LogP contribution in [-0.2, 0) is 0 Å². The van der Waals surface area contributed by atoms with E-state index in [4.69, 9.17) is 4.74 Å². The quantitative estimate of drug-likeness (QED) is 0.668. The molecule has 0 aliphatic heterocycles. The summed E-state index contributed by atoms with van der Waals surface area (Å²) in [6.45, 7) is 3.61. The number of benzene rings is 2. The van der Waals surface area contributed by atoms with E-state index in [0.29, 0.717) is 11.3 Å². The van der Waals surface area contributed by atoms with Crippen LogP contribution in [-0.4, -0.2) is 23.2 Å². The van der Waals surface area contributed by atoms with Crippen LogP contribution < -0.4 is 10.1 Å². The van der Waals surface area contributed by atoms with E-state index in [-0.39, 0.29) is 17.1 Å². The zero-order valence-corrected chi connectivity index (χ0v) is 15.2. The lowest BCUT2D eigenvalue weighted by molar-refractivity contribution is 0.0697. The molecule has 0 saturated heterocycles. The SMILES string of the molecule is COc1cccc(-c2cc(F)c(Nc3ncc(C)cc3C(=O)O)cc2C)c1. The Morgan fingerprint density at radius 2 is 1.96 bits per heavy atom. The van der Waals surface area contributed by atoms with Crippen molar-refractivity contribution in [2.75, 3.05) is 12.4 Å². The van der Waals surface area contributed by atoms with Gasteiger partial charge in [-0.1, -0.05) is 12.1 Å². The number of methoxy groups -OCH3 is 1. The van der Waals surface area contributed by atoms with Gasteiger partial charge in [0.2, 0.25) is 0 Å². The maximum atomic E-state index is 14.7. The lowest BCUT2D eigenvalue weighted by Gasteiger charge is -2.14. The van der Waals surface area contributed by atoms with Crippen molar-refractivity contribution < 1.29 is 19.0 Å². The summed E-state index contributed by atoms with van der Waals surface area (Å²) in [7, 11) is 1.58. The highest BCUT2D eigenvalue weighted by molar-refractivity contribution is 5.94. The summed E-state index contributed by atoms with van der Waals surface area (Å²) in [5.41, 5.74) is 3.25. The van der Waals surface area contributed by atoms with E-state index in [9.17, 15) is 14.3 Å². The number of halogens is 1. The third-order valence-corrected chi connectivity index (χ3v) is 4.20. The Morgan fingerprint density at radius 3 is 2.67 bits per heavy atom. The van der Waals surface area contributed by atoms with Crippen LogP contribution in [0.25, 0.3) is 11.1 Å². The molecule has 3 aromatic rings. The predicted octanol–water partition coefficient (Wildman–Crippen LogP) is 4.95. The molecule has 0 atom stereocenters. The highest BCUT2D eigenvalue weighted by Gasteiger charge is 2.15. The normalized spacial score (nSPS) is 10.5. The third kappa shape index (κ3) is 3.89. The van der Waals surface area contributed by atoms with Gasteiger partial charge in [0.05, 0.1) is 12.8 Å². The number of rotatable bonds is 5. The van der Waals surface area contributed by atoms with E-state index in [1.165, 1.54) is 18.3 Å². The maximum absolute atomic E-state index is 14.7. The molecule has 0 fully saturated rings. The maximum Gasteiger partial charge on any atom is 0.339 e. The summed E-state index contributed by atoms with van der Waals surface area (Å²) in [6, 6.07) is 11.9. The summed E-state index contributed by atoms with van der Waals surface area (Å²) in [4.78, 5) is 15.5. The van der Waals surface area contributed by atoms with Crippen LogP contribution >= 0.6 is 0 Å². The monoisotopic (exact) mass is 366 g/mol. The molecule has 6 heteroatoms. The predicted molar refractivity (Wildman–Crippen MR) is 102 cm³/mol. The molecule has 138 valence electrons. The highest BCUT2D eigenvalue weighted by Crippen LogP contribution is 2.32. The Morgan fingerprint density at radius 1 is 1.19 bits per heavy atom. The molecule has 0 radical (unpaired) electrons. The summed E-state index contributed by atoms with van der Waals surface area (Å²) in [5, 5.41) is 12.1. The molecular weight excluding hydrogens is 347 g/mol. The highest BCUT2D eigenvalue weighted by atomic mass is 19.1. The summed E-state index contributed by atoms with van der Waals surface area (Å²) in [5.74, 6) is -0.846. The van der Waals surface area contributed by atoms with E-state index < -0.39 is 11.8 Å². The van der Waals surface area contributed by atoms with E-state index >= 15 is 0 Å². The number of ether oxygens (including phenoxy) is 1. The molecule has 1 heterocycles. The number of hydrogen-bond acceptors (Lipinski definition) is 4. The molecule has 1 aromatic heterocycles. The zero-order chi connectivity index (χ0) is 19.6. The molecule has 2 N–H and O–H groups in total. The van der Waals surface area contributed by atoms with Crippen LogP contribution in [0.4, 0.5) is 15.9 Å². The van der Waals surface area contributed by atoms with Gasteiger partial charge in [0.1, 0.15) is 22.9 Å².